The fourth-order valence-electron chi connectivity index (χ4n) is 1.86. The molecule has 0 atom stereocenters. The highest BCUT2D eigenvalue weighted by Gasteiger charge is 2.09. The van der Waals surface area contributed by atoms with Crippen molar-refractivity contribution in [3.8, 4) is 5.75 Å². The van der Waals surface area contributed by atoms with E-state index in [-0.39, 0.29) is 5.75 Å². The number of aromatic nitrogens is 2. The molecule has 1 aromatic carbocycles. The number of aromatic hydroxyl groups is 1. The van der Waals surface area contributed by atoms with E-state index in [0.717, 1.165) is 23.4 Å². The first-order valence-corrected chi connectivity index (χ1v) is 6.09. The van der Waals surface area contributed by atoms with Crippen molar-refractivity contribution in [3.05, 3.63) is 46.2 Å². The molecule has 0 fully saturated rings. The Kier molecular flexibility index (Phi) is 3.89. The molecule has 4 nitrogen and oxygen atoms in total. The predicted octanol–water partition coefficient (Wildman–Crippen LogP) is 2.71. The second-order valence-electron chi connectivity index (χ2n) is 4.44. The summed E-state index contributed by atoms with van der Waals surface area (Å²) in [5, 5.41) is 16.9. The number of hydrogen-bond acceptors (Lipinski definition) is 3. The highest BCUT2D eigenvalue weighted by atomic mass is 35.5. The highest BCUT2D eigenvalue weighted by Crippen LogP contribution is 2.27. The molecule has 2 aromatic rings. The zero-order valence-electron chi connectivity index (χ0n) is 10.4. The van der Waals surface area contributed by atoms with Crippen LogP contribution in [0.3, 0.4) is 0 Å². The van der Waals surface area contributed by atoms with Crippen LogP contribution in [-0.4, -0.2) is 27.3 Å². The van der Waals surface area contributed by atoms with Gasteiger partial charge < -0.3 is 5.11 Å². The van der Waals surface area contributed by atoms with E-state index in [4.69, 9.17) is 11.6 Å². The Morgan fingerprint density at radius 2 is 2.06 bits per heavy atom. The molecule has 0 bridgehead atoms. The van der Waals surface area contributed by atoms with Gasteiger partial charge in [-0.15, -0.1) is 0 Å². The number of benzene rings is 1. The van der Waals surface area contributed by atoms with Gasteiger partial charge >= 0.3 is 0 Å². The fourth-order valence-corrected chi connectivity index (χ4v) is 2.05. The fraction of sp³-hybridized carbons (Fsp3) is 0.308. The van der Waals surface area contributed by atoms with Crippen LogP contribution in [-0.2, 0) is 13.1 Å². The van der Waals surface area contributed by atoms with Crippen molar-refractivity contribution in [1.82, 2.24) is 15.1 Å². The minimum Gasteiger partial charge on any atom is -0.506 e. The van der Waals surface area contributed by atoms with Crippen molar-refractivity contribution >= 4 is 11.6 Å². The summed E-state index contributed by atoms with van der Waals surface area (Å²) in [7, 11) is 2.01. The number of hydrogen-bond donors (Lipinski definition) is 2. The Balaban J connectivity index is 2.05. The van der Waals surface area contributed by atoms with Gasteiger partial charge in [0, 0.05) is 24.3 Å². The van der Waals surface area contributed by atoms with Gasteiger partial charge in [-0.2, -0.15) is 5.10 Å². The van der Waals surface area contributed by atoms with E-state index in [1.807, 2.05) is 26.2 Å². The molecule has 18 heavy (non-hydrogen) atoms. The van der Waals surface area contributed by atoms with Gasteiger partial charge in [-0.3, -0.25) is 10.00 Å². The van der Waals surface area contributed by atoms with Gasteiger partial charge in [0.1, 0.15) is 5.75 Å². The number of halogens is 1. The number of phenolic OH excluding ortho intramolecular Hbond substituents is 1. The number of rotatable bonds is 4. The van der Waals surface area contributed by atoms with Gasteiger partial charge in [-0.25, -0.2) is 0 Å². The molecule has 96 valence electrons. The maximum Gasteiger partial charge on any atom is 0.134 e. The zero-order chi connectivity index (χ0) is 13.1. The van der Waals surface area contributed by atoms with Crippen LogP contribution in [0.4, 0.5) is 0 Å². The van der Waals surface area contributed by atoms with Gasteiger partial charge in [0.05, 0.1) is 11.2 Å². The first-order chi connectivity index (χ1) is 8.58. The molecule has 0 aliphatic rings. The molecule has 0 saturated heterocycles. The summed E-state index contributed by atoms with van der Waals surface area (Å²) in [6.45, 7) is 3.46. The Bertz CT molecular complexity index is 539. The number of phenols is 1. The minimum absolute atomic E-state index is 0.127. The molecule has 0 aliphatic heterocycles. The lowest BCUT2D eigenvalue weighted by molar-refractivity contribution is 0.318. The molecule has 1 heterocycles. The topological polar surface area (TPSA) is 52.2 Å². The van der Waals surface area contributed by atoms with E-state index in [1.54, 1.807) is 12.1 Å². The summed E-state index contributed by atoms with van der Waals surface area (Å²) >= 11 is 6.06. The number of H-pyrrole nitrogens is 1. The molecular formula is C13H16ClN3O. The molecule has 0 saturated carbocycles. The Morgan fingerprint density at radius 3 is 2.72 bits per heavy atom. The Morgan fingerprint density at radius 1 is 1.33 bits per heavy atom. The van der Waals surface area contributed by atoms with Gasteiger partial charge in [0.25, 0.3) is 0 Å². The first-order valence-electron chi connectivity index (χ1n) is 5.71. The molecule has 0 radical (unpaired) electrons. The second kappa shape index (κ2) is 5.42. The predicted molar refractivity (Wildman–Crippen MR) is 71.6 cm³/mol. The van der Waals surface area contributed by atoms with Crippen molar-refractivity contribution in [2.24, 2.45) is 0 Å². The van der Waals surface area contributed by atoms with Crippen molar-refractivity contribution in [1.29, 1.82) is 0 Å². The summed E-state index contributed by atoms with van der Waals surface area (Å²) < 4.78 is 0. The van der Waals surface area contributed by atoms with E-state index >= 15 is 0 Å². The smallest absolute Gasteiger partial charge is 0.134 e. The van der Waals surface area contributed by atoms with E-state index < -0.39 is 0 Å². The van der Waals surface area contributed by atoms with Crippen molar-refractivity contribution < 1.29 is 5.11 Å². The monoisotopic (exact) mass is 265 g/mol. The van der Waals surface area contributed by atoms with Gasteiger partial charge in [0.2, 0.25) is 0 Å². The molecule has 0 aliphatic carbocycles. The van der Waals surface area contributed by atoms with Crippen LogP contribution in [0, 0.1) is 6.92 Å². The summed E-state index contributed by atoms with van der Waals surface area (Å²) in [6, 6.07) is 5.31. The zero-order valence-corrected chi connectivity index (χ0v) is 11.2. The maximum absolute atomic E-state index is 9.55. The van der Waals surface area contributed by atoms with Gasteiger partial charge in [0.15, 0.2) is 0 Å². The summed E-state index contributed by atoms with van der Waals surface area (Å²) in [5.41, 5.74) is 3.15. The average Bonchev–Trinajstić information content (AvgIpc) is 2.71. The van der Waals surface area contributed by atoms with Gasteiger partial charge in [-0.05, 0) is 25.6 Å². The Hall–Kier alpha value is -1.52. The van der Waals surface area contributed by atoms with Crippen LogP contribution in [0.15, 0.2) is 24.4 Å². The number of nitrogens with one attached hydrogen (secondary N) is 1. The largest absolute Gasteiger partial charge is 0.506 e. The molecule has 2 rings (SSSR count). The van der Waals surface area contributed by atoms with Crippen LogP contribution < -0.4 is 0 Å². The summed E-state index contributed by atoms with van der Waals surface area (Å²) in [6.07, 6.45) is 1.83. The summed E-state index contributed by atoms with van der Waals surface area (Å²) in [4.78, 5) is 2.12. The van der Waals surface area contributed by atoms with E-state index in [1.165, 1.54) is 0 Å². The SMILES string of the molecule is Cc1[nH]ncc1CN(C)Cc1cccc(O)c1Cl. The van der Waals surface area contributed by atoms with Crippen LogP contribution in [0.1, 0.15) is 16.8 Å². The quantitative estimate of drug-likeness (QED) is 0.894. The number of aromatic amines is 1. The first kappa shape index (κ1) is 12.9. The molecule has 0 unspecified atom stereocenters. The van der Waals surface area contributed by atoms with Crippen molar-refractivity contribution in [2.45, 2.75) is 20.0 Å². The highest BCUT2D eigenvalue weighted by molar-refractivity contribution is 6.32. The van der Waals surface area contributed by atoms with E-state index in [0.29, 0.717) is 11.6 Å². The van der Waals surface area contributed by atoms with Crippen LogP contribution in [0.2, 0.25) is 5.02 Å². The molecule has 0 spiro atoms. The number of aryl methyl sites for hydroxylation is 1. The number of nitrogens with zero attached hydrogens (tertiary/aromatic N) is 2. The molecule has 1 aromatic heterocycles. The third-order valence-corrected chi connectivity index (χ3v) is 3.31. The standard InChI is InChI=1S/C13H16ClN3O/c1-9-11(6-15-16-9)8-17(2)7-10-4-3-5-12(18)13(10)14/h3-6,18H,7-8H2,1-2H3,(H,15,16). The lowest BCUT2D eigenvalue weighted by Crippen LogP contribution is -2.17. The van der Waals surface area contributed by atoms with Crippen LogP contribution in [0.5, 0.6) is 5.75 Å². The van der Waals surface area contributed by atoms with E-state index in [2.05, 4.69) is 15.1 Å². The van der Waals surface area contributed by atoms with Crippen LogP contribution in [0.25, 0.3) is 0 Å². The Labute approximate surface area is 111 Å². The van der Waals surface area contributed by atoms with Crippen molar-refractivity contribution in [3.63, 3.8) is 0 Å². The van der Waals surface area contributed by atoms with Crippen LogP contribution >= 0.6 is 11.6 Å². The van der Waals surface area contributed by atoms with E-state index in [9.17, 15) is 5.11 Å². The third-order valence-electron chi connectivity index (χ3n) is 2.87. The van der Waals surface area contributed by atoms with Crippen molar-refractivity contribution in [2.75, 3.05) is 7.05 Å². The maximum atomic E-state index is 9.55. The lowest BCUT2D eigenvalue weighted by atomic mass is 10.2. The van der Waals surface area contributed by atoms with Gasteiger partial charge in [-0.1, -0.05) is 23.7 Å². The molecule has 0 amide bonds. The second-order valence-corrected chi connectivity index (χ2v) is 4.82. The minimum atomic E-state index is 0.127. The molecule has 2 N–H and O–H groups in total. The lowest BCUT2D eigenvalue weighted by Gasteiger charge is -2.17. The molecule has 5 heteroatoms. The summed E-state index contributed by atoms with van der Waals surface area (Å²) in [5.74, 6) is 0.127. The third kappa shape index (κ3) is 2.83. The normalized spacial score (nSPS) is 11.1. The average molecular weight is 266 g/mol. The molecular weight excluding hydrogens is 250 g/mol.